The van der Waals surface area contributed by atoms with E-state index < -0.39 is 10.8 Å². The zero-order chi connectivity index (χ0) is 18.3. The highest BCUT2D eigenvalue weighted by Gasteiger charge is 2.28. The Labute approximate surface area is 158 Å². The molecular formula is C19H16ClN3O2S. The van der Waals surface area contributed by atoms with E-state index in [0.717, 1.165) is 22.5 Å². The van der Waals surface area contributed by atoms with E-state index in [1.54, 1.807) is 28.9 Å². The number of carbonyl (C=O) groups excluding carboxylic acids is 1. The van der Waals surface area contributed by atoms with Crippen LogP contribution in [0.1, 0.15) is 27.2 Å². The lowest BCUT2D eigenvalue weighted by molar-refractivity contribution is 0.102. The molecule has 2 aromatic carbocycles. The van der Waals surface area contributed by atoms with E-state index >= 15 is 0 Å². The molecule has 132 valence electrons. The van der Waals surface area contributed by atoms with Crippen molar-refractivity contribution in [3.05, 3.63) is 75.9 Å². The Bertz CT molecular complexity index is 1030. The molecule has 4 rings (SSSR count). The number of nitrogens with zero attached hydrogens (tertiary/aromatic N) is 2. The molecule has 1 aliphatic heterocycles. The van der Waals surface area contributed by atoms with Crippen molar-refractivity contribution >= 4 is 34.1 Å². The Morgan fingerprint density at radius 2 is 1.88 bits per heavy atom. The van der Waals surface area contributed by atoms with E-state index in [4.69, 9.17) is 11.6 Å². The molecule has 5 nitrogen and oxygen atoms in total. The third-order valence-electron chi connectivity index (χ3n) is 4.35. The van der Waals surface area contributed by atoms with Crippen LogP contribution in [0.25, 0.3) is 5.69 Å². The fourth-order valence-electron chi connectivity index (χ4n) is 3.01. The fourth-order valence-corrected chi connectivity index (χ4v) is 4.40. The summed E-state index contributed by atoms with van der Waals surface area (Å²) in [5.74, 6) is 1.15. The highest BCUT2D eigenvalue weighted by atomic mass is 35.5. The molecule has 1 aromatic heterocycles. The Morgan fingerprint density at radius 1 is 1.15 bits per heavy atom. The van der Waals surface area contributed by atoms with Crippen LogP contribution in [0, 0.1) is 6.92 Å². The molecule has 3 aromatic rings. The standard InChI is InChI=1S/C19H16ClN3O2S/c1-12-4-2-3-5-17(12)23-18(15-10-26(25)11-16(15)22-23)21-19(24)13-6-8-14(20)9-7-13/h2-9H,10-11H2,1H3,(H,21,24)/t26-/m0/s1. The smallest absolute Gasteiger partial charge is 0.256 e. The van der Waals surface area contributed by atoms with E-state index in [1.165, 1.54) is 0 Å². The Hall–Kier alpha value is -2.44. The minimum Gasteiger partial charge on any atom is -0.306 e. The molecule has 0 spiro atoms. The maximum atomic E-state index is 12.7. The summed E-state index contributed by atoms with van der Waals surface area (Å²) in [5.41, 5.74) is 4.04. The normalized spacial score (nSPS) is 15.7. The average Bonchev–Trinajstić information content (AvgIpc) is 3.13. The predicted molar refractivity (Wildman–Crippen MR) is 103 cm³/mol. The number of anilines is 1. The molecule has 0 aliphatic carbocycles. The number of benzene rings is 2. The summed E-state index contributed by atoms with van der Waals surface area (Å²) in [6, 6.07) is 14.5. The molecule has 0 radical (unpaired) electrons. The molecule has 0 fully saturated rings. The fraction of sp³-hybridized carbons (Fsp3) is 0.158. The Morgan fingerprint density at radius 3 is 2.62 bits per heavy atom. The van der Waals surface area contributed by atoms with Gasteiger partial charge in [-0.25, -0.2) is 4.68 Å². The second kappa shape index (κ2) is 6.70. The molecule has 0 bridgehead atoms. The number of fused-ring (bicyclic) bond motifs is 1. The first-order chi connectivity index (χ1) is 12.5. The van der Waals surface area contributed by atoms with Gasteiger partial charge < -0.3 is 5.32 Å². The maximum absolute atomic E-state index is 12.7. The minimum atomic E-state index is -0.975. The van der Waals surface area contributed by atoms with Gasteiger partial charge in [-0.2, -0.15) is 5.10 Å². The highest BCUT2D eigenvalue weighted by molar-refractivity contribution is 7.83. The zero-order valence-corrected chi connectivity index (χ0v) is 15.6. The number of amides is 1. The summed E-state index contributed by atoms with van der Waals surface area (Å²) >= 11 is 5.89. The number of rotatable bonds is 3. The van der Waals surface area contributed by atoms with Gasteiger partial charge >= 0.3 is 0 Å². The van der Waals surface area contributed by atoms with Crippen molar-refractivity contribution in [3.8, 4) is 5.69 Å². The van der Waals surface area contributed by atoms with Crippen LogP contribution in [0.15, 0.2) is 48.5 Å². The van der Waals surface area contributed by atoms with Gasteiger partial charge in [-0.1, -0.05) is 29.8 Å². The number of nitrogens with one attached hydrogen (secondary N) is 1. The summed E-state index contributed by atoms with van der Waals surface area (Å²) in [4.78, 5) is 12.7. The molecule has 1 atom stereocenters. The third kappa shape index (κ3) is 3.06. The van der Waals surface area contributed by atoms with E-state index in [9.17, 15) is 9.00 Å². The van der Waals surface area contributed by atoms with Crippen molar-refractivity contribution in [2.75, 3.05) is 5.32 Å². The van der Waals surface area contributed by atoms with Crippen molar-refractivity contribution in [3.63, 3.8) is 0 Å². The number of carbonyl (C=O) groups is 1. The molecule has 2 heterocycles. The molecule has 1 N–H and O–H groups in total. The second-order valence-corrected chi connectivity index (χ2v) is 8.06. The lowest BCUT2D eigenvalue weighted by Gasteiger charge is -2.13. The van der Waals surface area contributed by atoms with Crippen LogP contribution in [0.4, 0.5) is 5.82 Å². The van der Waals surface area contributed by atoms with E-state index in [-0.39, 0.29) is 5.91 Å². The largest absolute Gasteiger partial charge is 0.306 e. The first-order valence-electron chi connectivity index (χ1n) is 8.11. The van der Waals surface area contributed by atoms with Crippen LogP contribution in [0.5, 0.6) is 0 Å². The Balaban J connectivity index is 1.77. The molecule has 7 heteroatoms. The van der Waals surface area contributed by atoms with E-state index in [1.807, 2.05) is 31.2 Å². The molecular weight excluding hydrogens is 370 g/mol. The van der Waals surface area contributed by atoms with Gasteiger partial charge in [0.15, 0.2) is 0 Å². The monoisotopic (exact) mass is 385 g/mol. The minimum absolute atomic E-state index is 0.253. The van der Waals surface area contributed by atoms with Crippen molar-refractivity contribution in [1.82, 2.24) is 9.78 Å². The Kier molecular flexibility index (Phi) is 4.38. The molecule has 0 saturated heterocycles. The van der Waals surface area contributed by atoms with Crippen molar-refractivity contribution in [2.24, 2.45) is 0 Å². The topological polar surface area (TPSA) is 64.0 Å². The van der Waals surface area contributed by atoms with Crippen LogP contribution in [0.2, 0.25) is 5.02 Å². The maximum Gasteiger partial charge on any atom is 0.256 e. The van der Waals surface area contributed by atoms with Crippen LogP contribution >= 0.6 is 11.6 Å². The number of hydrogen-bond donors (Lipinski definition) is 1. The molecule has 0 saturated carbocycles. The van der Waals surface area contributed by atoms with Crippen LogP contribution in [-0.2, 0) is 22.3 Å². The summed E-state index contributed by atoms with van der Waals surface area (Å²) in [5, 5.41) is 8.15. The number of aryl methyl sites for hydroxylation is 1. The van der Waals surface area contributed by atoms with Gasteiger partial charge in [-0.3, -0.25) is 9.00 Å². The highest BCUT2D eigenvalue weighted by Crippen LogP contribution is 2.32. The van der Waals surface area contributed by atoms with Gasteiger partial charge in [0.25, 0.3) is 5.91 Å². The van der Waals surface area contributed by atoms with Gasteiger partial charge in [0.1, 0.15) is 5.82 Å². The quantitative estimate of drug-likeness (QED) is 0.744. The van der Waals surface area contributed by atoms with E-state index in [0.29, 0.717) is 27.9 Å². The number of aromatic nitrogens is 2. The van der Waals surface area contributed by atoms with Gasteiger partial charge in [-0.15, -0.1) is 0 Å². The molecule has 26 heavy (non-hydrogen) atoms. The van der Waals surface area contributed by atoms with Gasteiger partial charge in [0.05, 0.1) is 22.9 Å². The first kappa shape index (κ1) is 17.0. The van der Waals surface area contributed by atoms with Crippen molar-refractivity contribution < 1.29 is 9.00 Å². The summed E-state index contributed by atoms with van der Waals surface area (Å²) in [7, 11) is -0.975. The average molecular weight is 386 g/mol. The van der Waals surface area contributed by atoms with Crippen LogP contribution in [-0.4, -0.2) is 19.9 Å². The van der Waals surface area contributed by atoms with Crippen molar-refractivity contribution in [1.29, 1.82) is 0 Å². The molecule has 1 amide bonds. The summed E-state index contributed by atoms with van der Waals surface area (Å²) < 4.78 is 13.7. The second-order valence-electron chi connectivity index (χ2n) is 6.16. The first-order valence-corrected chi connectivity index (χ1v) is 9.98. The lowest BCUT2D eigenvalue weighted by Crippen LogP contribution is -2.17. The molecule has 1 aliphatic rings. The summed E-state index contributed by atoms with van der Waals surface area (Å²) in [6.07, 6.45) is 0. The lowest BCUT2D eigenvalue weighted by atomic mass is 10.2. The van der Waals surface area contributed by atoms with Crippen molar-refractivity contribution in [2.45, 2.75) is 18.4 Å². The summed E-state index contributed by atoms with van der Waals surface area (Å²) in [6.45, 7) is 1.99. The molecule has 0 unspecified atom stereocenters. The number of halogens is 1. The van der Waals surface area contributed by atoms with Gasteiger partial charge in [0, 0.05) is 26.9 Å². The zero-order valence-electron chi connectivity index (χ0n) is 14.0. The van der Waals surface area contributed by atoms with Crippen LogP contribution in [0.3, 0.4) is 0 Å². The third-order valence-corrected chi connectivity index (χ3v) is 5.81. The SMILES string of the molecule is Cc1ccccc1-n1nc2c(c1NC(=O)c1ccc(Cl)cc1)C[S@](=O)C2. The van der Waals surface area contributed by atoms with E-state index in [2.05, 4.69) is 10.4 Å². The van der Waals surface area contributed by atoms with Gasteiger partial charge in [0.2, 0.25) is 0 Å². The van der Waals surface area contributed by atoms with Gasteiger partial charge in [-0.05, 0) is 42.8 Å². The number of para-hydroxylation sites is 1. The predicted octanol–water partition coefficient (Wildman–Crippen LogP) is 3.85. The van der Waals surface area contributed by atoms with Crippen LogP contribution < -0.4 is 5.32 Å². The number of hydrogen-bond acceptors (Lipinski definition) is 3.